The van der Waals surface area contributed by atoms with Crippen molar-refractivity contribution in [3.8, 4) is 5.75 Å². The van der Waals surface area contributed by atoms with E-state index >= 15 is 0 Å². The first-order valence-corrected chi connectivity index (χ1v) is 6.97. The highest BCUT2D eigenvalue weighted by Crippen LogP contribution is 2.29. The van der Waals surface area contributed by atoms with Crippen molar-refractivity contribution in [3.63, 3.8) is 0 Å². The fourth-order valence-corrected chi connectivity index (χ4v) is 2.80. The number of hydrogen-bond acceptors (Lipinski definition) is 3. The van der Waals surface area contributed by atoms with Gasteiger partial charge in [0.15, 0.2) is 0 Å². The van der Waals surface area contributed by atoms with E-state index in [0.717, 1.165) is 44.0 Å². The van der Waals surface area contributed by atoms with Crippen LogP contribution in [0.2, 0.25) is 0 Å². The quantitative estimate of drug-likeness (QED) is 0.897. The molecule has 102 valence electrons. The molecule has 2 heterocycles. The van der Waals surface area contributed by atoms with E-state index in [4.69, 9.17) is 4.74 Å². The molecular weight excluding hydrogens is 240 g/mol. The van der Waals surface area contributed by atoms with Crippen molar-refractivity contribution in [2.24, 2.45) is 5.92 Å². The molecule has 0 aliphatic carbocycles. The second kappa shape index (κ2) is 5.21. The van der Waals surface area contributed by atoms with Gasteiger partial charge in [-0.15, -0.1) is 0 Å². The zero-order chi connectivity index (χ0) is 13.2. The minimum Gasteiger partial charge on any atom is -0.493 e. The fraction of sp³-hybridized carbons (Fsp3) is 0.533. The molecule has 2 aliphatic heterocycles. The SMILES string of the molecule is CN(C(=O)CC1CCNC1)c1ccc2c(c1)CCO2. The molecule has 1 aromatic rings. The highest BCUT2D eigenvalue weighted by atomic mass is 16.5. The maximum absolute atomic E-state index is 12.3. The molecule has 3 rings (SSSR count). The van der Waals surface area contributed by atoms with Gasteiger partial charge >= 0.3 is 0 Å². The number of benzene rings is 1. The van der Waals surface area contributed by atoms with Gasteiger partial charge in [0.2, 0.25) is 5.91 Å². The number of carbonyl (C=O) groups is 1. The van der Waals surface area contributed by atoms with E-state index in [2.05, 4.69) is 11.4 Å². The van der Waals surface area contributed by atoms with Gasteiger partial charge in [-0.25, -0.2) is 0 Å². The Morgan fingerprint density at radius 2 is 2.42 bits per heavy atom. The Morgan fingerprint density at radius 3 is 3.21 bits per heavy atom. The molecule has 19 heavy (non-hydrogen) atoms. The van der Waals surface area contributed by atoms with Gasteiger partial charge in [0.1, 0.15) is 5.75 Å². The Morgan fingerprint density at radius 1 is 1.53 bits per heavy atom. The van der Waals surface area contributed by atoms with E-state index in [-0.39, 0.29) is 5.91 Å². The lowest BCUT2D eigenvalue weighted by atomic mass is 10.0. The summed E-state index contributed by atoms with van der Waals surface area (Å²) in [5.41, 5.74) is 2.18. The predicted molar refractivity (Wildman–Crippen MR) is 74.6 cm³/mol. The summed E-state index contributed by atoms with van der Waals surface area (Å²) < 4.78 is 5.49. The number of rotatable bonds is 3. The highest BCUT2D eigenvalue weighted by Gasteiger charge is 2.22. The van der Waals surface area contributed by atoms with E-state index in [1.165, 1.54) is 5.56 Å². The van der Waals surface area contributed by atoms with Crippen LogP contribution >= 0.6 is 0 Å². The lowest BCUT2D eigenvalue weighted by molar-refractivity contribution is -0.119. The second-order valence-electron chi connectivity index (χ2n) is 5.41. The standard InChI is InChI=1S/C15H20N2O2/c1-17(15(18)8-11-4-6-16-10-11)13-2-3-14-12(9-13)5-7-19-14/h2-3,9,11,16H,4-8,10H2,1H3. The average molecular weight is 260 g/mol. The Balaban J connectivity index is 1.68. The first-order chi connectivity index (χ1) is 9.24. The van der Waals surface area contributed by atoms with Crippen molar-refractivity contribution >= 4 is 11.6 Å². The molecule has 1 saturated heterocycles. The van der Waals surface area contributed by atoms with Crippen LogP contribution in [0.5, 0.6) is 5.75 Å². The number of anilines is 1. The molecule has 0 radical (unpaired) electrons. The highest BCUT2D eigenvalue weighted by molar-refractivity contribution is 5.93. The maximum Gasteiger partial charge on any atom is 0.227 e. The first kappa shape index (κ1) is 12.5. The summed E-state index contributed by atoms with van der Waals surface area (Å²) in [7, 11) is 1.86. The van der Waals surface area contributed by atoms with Gasteiger partial charge in [0.25, 0.3) is 0 Å². The van der Waals surface area contributed by atoms with Gasteiger partial charge in [0.05, 0.1) is 6.61 Å². The minimum atomic E-state index is 0.201. The summed E-state index contributed by atoms with van der Waals surface area (Å²) in [4.78, 5) is 14.0. The van der Waals surface area contributed by atoms with Crippen LogP contribution in [0, 0.1) is 5.92 Å². The van der Waals surface area contributed by atoms with E-state index in [0.29, 0.717) is 12.3 Å². The summed E-state index contributed by atoms with van der Waals surface area (Å²) in [5.74, 6) is 1.66. The number of nitrogens with one attached hydrogen (secondary N) is 1. The van der Waals surface area contributed by atoms with Gasteiger partial charge in [-0.2, -0.15) is 0 Å². The molecule has 0 saturated carbocycles. The Hall–Kier alpha value is -1.55. The van der Waals surface area contributed by atoms with Crippen LogP contribution in [-0.4, -0.2) is 32.7 Å². The van der Waals surface area contributed by atoms with Crippen LogP contribution in [0.1, 0.15) is 18.4 Å². The van der Waals surface area contributed by atoms with Crippen LogP contribution in [0.4, 0.5) is 5.69 Å². The third-order valence-corrected chi connectivity index (χ3v) is 4.06. The summed E-state index contributed by atoms with van der Waals surface area (Å²) in [5, 5.41) is 3.30. The molecule has 1 fully saturated rings. The van der Waals surface area contributed by atoms with E-state index in [1.807, 2.05) is 19.2 Å². The average Bonchev–Trinajstić information content (AvgIpc) is 3.07. The molecule has 0 spiro atoms. The van der Waals surface area contributed by atoms with E-state index in [9.17, 15) is 4.79 Å². The number of amides is 1. The lowest BCUT2D eigenvalue weighted by Crippen LogP contribution is -2.28. The molecule has 1 unspecified atom stereocenters. The molecule has 4 nitrogen and oxygen atoms in total. The van der Waals surface area contributed by atoms with Crippen LogP contribution in [0.3, 0.4) is 0 Å². The van der Waals surface area contributed by atoms with Crippen molar-refractivity contribution in [1.29, 1.82) is 0 Å². The van der Waals surface area contributed by atoms with Crippen LogP contribution in [-0.2, 0) is 11.2 Å². The molecule has 2 aliphatic rings. The van der Waals surface area contributed by atoms with Crippen molar-refractivity contribution in [1.82, 2.24) is 5.32 Å². The summed E-state index contributed by atoms with van der Waals surface area (Å²) in [6.07, 6.45) is 2.69. The molecule has 1 amide bonds. The third-order valence-electron chi connectivity index (χ3n) is 4.06. The zero-order valence-electron chi connectivity index (χ0n) is 11.3. The topological polar surface area (TPSA) is 41.6 Å². The summed E-state index contributed by atoms with van der Waals surface area (Å²) in [6.45, 7) is 2.76. The van der Waals surface area contributed by atoms with Gasteiger partial charge in [-0.3, -0.25) is 4.79 Å². The number of ether oxygens (including phenoxy) is 1. The monoisotopic (exact) mass is 260 g/mol. The van der Waals surface area contributed by atoms with Crippen molar-refractivity contribution in [2.75, 3.05) is 31.6 Å². The number of nitrogens with zero attached hydrogens (tertiary/aromatic N) is 1. The van der Waals surface area contributed by atoms with E-state index < -0.39 is 0 Å². The van der Waals surface area contributed by atoms with Crippen LogP contribution in [0.25, 0.3) is 0 Å². The van der Waals surface area contributed by atoms with Crippen LogP contribution in [0.15, 0.2) is 18.2 Å². The molecule has 4 heteroatoms. The molecule has 0 bridgehead atoms. The van der Waals surface area contributed by atoms with Gasteiger partial charge < -0.3 is 15.0 Å². The van der Waals surface area contributed by atoms with E-state index in [1.54, 1.807) is 4.90 Å². The first-order valence-electron chi connectivity index (χ1n) is 6.97. The summed E-state index contributed by atoms with van der Waals surface area (Å²) in [6, 6.07) is 6.01. The number of carbonyl (C=O) groups excluding carboxylic acids is 1. The molecule has 1 aromatic carbocycles. The van der Waals surface area contributed by atoms with Gasteiger partial charge in [-0.1, -0.05) is 0 Å². The minimum absolute atomic E-state index is 0.201. The molecule has 1 atom stereocenters. The lowest BCUT2D eigenvalue weighted by Gasteiger charge is -2.19. The summed E-state index contributed by atoms with van der Waals surface area (Å²) >= 11 is 0. The van der Waals surface area contributed by atoms with Gasteiger partial charge in [0, 0.05) is 25.6 Å². The smallest absolute Gasteiger partial charge is 0.227 e. The number of hydrogen-bond donors (Lipinski definition) is 1. The van der Waals surface area contributed by atoms with Crippen molar-refractivity contribution in [2.45, 2.75) is 19.3 Å². The Labute approximate surface area is 113 Å². The normalized spacial score (nSPS) is 21.0. The Bertz CT molecular complexity index is 481. The van der Waals surface area contributed by atoms with Crippen molar-refractivity contribution < 1.29 is 9.53 Å². The fourth-order valence-electron chi connectivity index (χ4n) is 2.80. The molecular formula is C15H20N2O2. The Kier molecular flexibility index (Phi) is 3.42. The maximum atomic E-state index is 12.3. The second-order valence-corrected chi connectivity index (χ2v) is 5.41. The van der Waals surface area contributed by atoms with Crippen molar-refractivity contribution in [3.05, 3.63) is 23.8 Å². The number of fused-ring (bicyclic) bond motifs is 1. The van der Waals surface area contributed by atoms with Gasteiger partial charge in [-0.05, 0) is 49.2 Å². The predicted octanol–water partition coefficient (Wildman–Crippen LogP) is 1.58. The largest absolute Gasteiger partial charge is 0.493 e. The third kappa shape index (κ3) is 2.59. The van der Waals surface area contributed by atoms with Crippen LogP contribution < -0.4 is 15.0 Å². The molecule has 0 aromatic heterocycles. The molecule has 1 N–H and O–H groups in total. The zero-order valence-corrected chi connectivity index (χ0v) is 11.3.